The summed E-state index contributed by atoms with van der Waals surface area (Å²) in [5, 5.41) is 9.00. The van der Waals surface area contributed by atoms with Crippen molar-refractivity contribution in [1.29, 1.82) is 0 Å². The molecule has 0 saturated heterocycles. The lowest BCUT2D eigenvalue weighted by Gasteiger charge is -2.20. The third-order valence-corrected chi connectivity index (χ3v) is 3.17. The predicted molar refractivity (Wildman–Crippen MR) is 108 cm³/mol. The Kier molecular flexibility index (Phi) is 10.0. The van der Waals surface area contributed by atoms with E-state index < -0.39 is 11.7 Å². The Morgan fingerprint density at radius 2 is 1.89 bits per heavy atom. The first-order valence-corrected chi connectivity index (χ1v) is 9.00. The lowest BCUT2D eigenvalue weighted by atomic mass is 10.2. The van der Waals surface area contributed by atoms with Crippen LogP contribution in [0.25, 0.3) is 0 Å². The van der Waals surface area contributed by atoms with Crippen LogP contribution in [0.5, 0.6) is 5.75 Å². The summed E-state index contributed by atoms with van der Waals surface area (Å²) in [4.78, 5) is 15.8. The van der Waals surface area contributed by atoms with Crippen molar-refractivity contribution in [2.24, 2.45) is 4.99 Å². The normalized spacial score (nSPS) is 11.7. The van der Waals surface area contributed by atoms with Gasteiger partial charge in [0.15, 0.2) is 5.96 Å². The second kappa shape index (κ2) is 12.0. The number of alkyl carbamates (subject to hydrolysis) is 1. The lowest BCUT2D eigenvalue weighted by molar-refractivity contribution is 0.0529. The number of guanidine groups is 1. The van der Waals surface area contributed by atoms with Crippen LogP contribution in [0.3, 0.4) is 0 Å². The summed E-state index contributed by atoms with van der Waals surface area (Å²) in [5.74, 6) is 1.37. The topological polar surface area (TPSA) is 93.2 Å². The van der Waals surface area contributed by atoms with Gasteiger partial charge in [-0.3, -0.25) is 4.99 Å². The summed E-state index contributed by atoms with van der Waals surface area (Å²) in [6.45, 7) is 7.67. The van der Waals surface area contributed by atoms with Gasteiger partial charge in [-0.1, -0.05) is 6.07 Å². The molecule has 1 aromatic rings. The van der Waals surface area contributed by atoms with Crippen LogP contribution in [0.4, 0.5) is 10.5 Å². The van der Waals surface area contributed by atoms with Crippen molar-refractivity contribution in [2.45, 2.75) is 32.8 Å². The van der Waals surface area contributed by atoms with Crippen molar-refractivity contribution in [3.63, 3.8) is 0 Å². The molecule has 8 nitrogen and oxygen atoms in total. The molecule has 0 saturated carbocycles. The molecule has 1 rings (SSSR count). The molecule has 0 aliphatic rings. The molecule has 0 fully saturated rings. The van der Waals surface area contributed by atoms with Gasteiger partial charge in [-0.25, -0.2) is 4.79 Å². The highest BCUT2D eigenvalue weighted by Gasteiger charge is 2.15. The Hall–Kier alpha value is -2.48. The van der Waals surface area contributed by atoms with Gasteiger partial charge in [-0.2, -0.15) is 0 Å². The fraction of sp³-hybridized carbons (Fsp3) is 0.579. The molecule has 0 unspecified atom stereocenters. The van der Waals surface area contributed by atoms with Crippen LogP contribution in [0.1, 0.15) is 27.2 Å². The van der Waals surface area contributed by atoms with E-state index in [1.54, 1.807) is 14.2 Å². The molecular formula is C19H32N4O4. The molecule has 0 bridgehead atoms. The van der Waals surface area contributed by atoms with Gasteiger partial charge in [0.05, 0.1) is 6.61 Å². The largest absolute Gasteiger partial charge is 0.493 e. The molecule has 27 heavy (non-hydrogen) atoms. The maximum absolute atomic E-state index is 11.6. The summed E-state index contributed by atoms with van der Waals surface area (Å²) < 4.78 is 15.9. The van der Waals surface area contributed by atoms with Crippen molar-refractivity contribution in [3.8, 4) is 5.75 Å². The molecule has 8 heteroatoms. The highest BCUT2D eigenvalue weighted by atomic mass is 16.6. The minimum absolute atomic E-state index is 0.415. The minimum atomic E-state index is -0.508. The molecule has 0 aromatic heterocycles. The van der Waals surface area contributed by atoms with Crippen LogP contribution in [-0.4, -0.2) is 58.1 Å². The van der Waals surface area contributed by atoms with Crippen LogP contribution >= 0.6 is 0 Å². The molecule has 0 atom stereocenters. The van der Waals surface area contributed by atoms with Gasteiger partial charge in [0.2, 0.25) is 0 Å². The van der Waals surface area contributed by atoms with Crippen LogP contribution < -0.4 is 20.7 Å². The second-order valence-corrected chi connectivity index (χ2v) is 6.78. The molecule has 0 spiro atoms. The number of nitrogens with one attached hydrogen (secondary N) is 3. The molecule has 0 radical (unpaired) electrons. The number of benzene rings is 1. The van der Waals surface area contributed by atoms with Crippen LogP contribution in [-0.2, 0) is 9.47 Å². The number of carbonyl (C=O) groups excluding carboxylic acids is 1. The van der Waals surface area contributed by atoms with Crippen molar-refractivity contribution in [2.75, 3.05) is 45.8 Å². The fourth-order valence-electron chi connectivity index (χ4n) is 2.03. The quantitative estimate of drug-likeness (QED) is 0.346. The van der Waals surface area contributed by atoms with Gasteiger partial charge in [0.1, 0.15) is 11.4 Å². The summed E-state index contributed by atoms with van der Waals surface area (Å²) >= 11 is 0. The summed E-state index contributed by atoms with van der Waals surface area (Å²) in [6.07, 6.45) is 0.396. The third-order valence-electron chi connectivity index (χ3n) is 3.17. The van der Waals surface area contributed by atoms with Crippen LogP contribution in [0, 0.1) is 0 Å². The van der Waals surface area contributed by atoms with Crippen molar-refractivity contribution in [1.82, 2.24) is 10.6 Å². The van der Waals surface area contributed by atoms with E-state index in [9.17, 15) is 4.79 Å². The zero-order valence-corrected chi connectivity index (χ0v) is 16.9. The number of hydrogen-bond acceptors (Lipinski definition) is 5. The van der Waals surface area contributed by atoms with Gasteiger partial charge in [-0.15, -0.1) is 0 Å². The highest BCUT2D eigenvalue weighted by molar-refractivity contribution is 5.93. The van der Waals surface area contributed by atoms with E-state index in [4.69, 9.17) is 14.2 Å². The summed E-state index contributed by atoms with van der Waals surface area (Å²) in [5.41, 5.74) is 0.346. The van der Waals surface area contributed by atoms with Crippen LogP contribution in [0.2, 0.25) is 0 Å². The van der Waals surface area contributed by atoms with E-state index >= 15 is 0 Å². The number of methoxy groups -OCH3 is 1. The number of amides is 1. The van der Waals surface area contributed by atoms with Crippen LogP contribution in [0.15, 0.2) is 29.3 Å². The third kappa shape index (κ3) is 11.0. The highest BCUT2D eigenvalue weighted by Crippen LogP contribution is 2.17. The molecule has 0 aliphatic heterocycles. The number of hydrogen-bond donors (Lipinski definition) is 3. The van der Waals surface area contributed by atoms with E-state index in [0.717, 1.165) is 17.9 Å². The Morgan fingerprint density at radius 3 is 2.56 bits per heavy atom. The summed E-state index contributed by atoms with van der Waals surface area (Å²) in [7, 11) is 3.36. The maximum Gasteiger partial charge on any atom is 0.407 e. The zero-order valence-electron chi connectivity index (χ0n) is 16.9. The molecule has 1 aromatic carbocycles. The van der Waals surface area contributed by atoms with Gasteiger partial charge >= 0.3 is 6.09 Å². The Labute approximate surface area is 161 Å². The predicted octanol–water partition coefficient (Wildman–Crippen LogP) is 2.61. The molecule has 3 N–H and O–H groups in total. The van der Waals surface area contributed by atoms with E-state index in [1.807, 2.05) is 45.0 Å². The Morgan fingerprint density at radius 1 is 1.15 bits per heavy atom. The van der Waals surface area contributed by atoms with E-state index in [1.165, 1.54) is 0 Å². The SMILES string of the molecule is CN=C(NCCNC(=O)OC(C)(C)C)Nc1cccc(OCCCOC)c1. The molecule has 152 valence electrons. The number of nitrogens with zero attached hydrogens (tertiary/aromatic N) is 1. The maximum atomic E-state index is 11.6. The molecule has 0 aliphatic carbocycles. The monoisotopic (exact) mass is 380 g/mol. The fourth-order valence-corrected chi connectivity index (χ4v) is 2.03. The average molecular weight is 380 g/mol. The Bertz CT molecular complexity index is 600. The smallest absolute Gasteiger partial charge is 0.407 e. The van der Waals surface area contributed by atoms with Gasteiger partial charge in [-0.05, 0) is 32.9 Å². The number of carbonyl (C=O) groups is 1. The first-order chi connectivity index (χ1) is 12.8. The average Bonchev–Trinajstić information content (AvgIpc) is 2.60. The molecule has 1 amide bonds. The molecule has 0 heterocycles. The zero-order chi connectivity index (χ0) is 20.1. The standard InChI is InChI=1S/C19H32N4O4/c1-19(2,3)27-18(24)22-11-10-21-17(20-4)23-15-8-6-9-16(14-15)26-13-7-12-25-5/h6,8-9,14H,7,10-13H2,1-5H3,(H,22,24)(H2,20,21,23). The Balaban J connectivity index is 2.37. The lowest BCUT2D eigenvalue weighted by Crippen LogP contribution is -2.39. The number of aliphatic imine (C=N–C) groups is 1. The molecular weight excluding hydrogens is 348 g/mol. The number of anilines is 1. The second-order valence-electron chi connectivity index (χ2n) is 6.78. The first-order valence-electron chi connectivity index (χ1n) is 9.00. The number of ether oxygens (including phenoxy) is 3. The van der Waals surface area contributed by atoms with E-state index in [2.05, 4.69) is 20.9 Å². The van der Waals surface area contributed by atoms with Gasteiger partial charge in [0.25, 0.3) is 0 Å². The van der Waals surface area contributed by atoms with Crippen molar-refractivity contribution in [3.05, 3.63) is 24.3 Å². The van der Waals surface area contributed by atoms with Crippen molar-refractivity contribution >= 4 is 17.7 Å². The van der Waals surface area contributed by atoms with E-state index in [0.29, 0.717) is 32.3 Å². The number of rotatable bonds is 9. The van der Waals surface area contributed by atoms with Gasteiger partial charge < -0.3 is 30.2 Å². The van der Waals surface area contributed by atoms with E-state index in [-0.39, 0.29) is 0 Å². The summed E-state index contributed by atoms with van der Waals surface area (Å²) in [6, 6.07) is 7.64. The first kappa shape index (κ1) is 22.6. The minimum Gasteiger partial charge on any atom is -0.493 e. The van der Waals surface area contributed by atoms with Gasteiger partial charge in [0, 0.05) is 52.0 Å². The van der Waals surface area contributed by atoms with Crippen molar-refractivity contribution < 1.29 is 19.0 Å².